The van der Waals surface area contributed by atoms with Crippen LogP contribution in [0.5, 0.6) is 0 Å². The number of hydrogen-bond acceptors (Lipinski definition) is 4. The molecule has 0 unspecified atom stereocenters. The van der Waals surface area contributed by atoms with Gasteiger partial charge in [-0.05, 0) is 24.3 Å². The molecule has 0 atom stereocenters. The SMILES string of the molecule is Cn1c(-c2ccc(Cl)cc2)nnc1N1CCNCC1. The number of halogens is 1. The zero-order valence-electron chi connectivity index (χ0n) is 10.8. The van der Waals surface area contributed by atoms with E-state index in [4.69, 9.17) is 11.6 Å². The molecule has 1 aliphatic heterocycles. The highest BCUT2D eigenvalue weighted by atomic mass is 35.5. The van der Waals surface area contributed by atoms with E-state index < -0.39 is 0 Å². The van der Waals surface area contributed by atoms with Gasteiger partial charge in [-0.25, -0.2) is 0 Å². The number of benzene rings is 1. The summed E-state index contributed by atoms with van der Waals surface area (Å²) in [4.78, 5) is 2.25. The van der Waals surface area contributed by atoms with Crippen molar-refractivity contribution >= 4 is 17.5 Å². The minimum atomic E-state index is 0.730. The third kappa shape index (κ3) is 2.43. The van der Waals surface area contributed by atoms with Gasteiger partial charge in [-0.1, -0.05) is 11.6 Å². The lowest BCUT2D eigenvalue weighted by molar-refractivity contribution is 0.573. The standard InChI is InChI=1S/C13H16ClN5/c1-18-12(10-2-4-11(14)5-3-10)16-17-13(18)19-8-6-15-7-9-19/h2-5,15H,6-9H2,1H3. The topological polar surface area (TPSA) is 46.0 Å². The van der Waals surface area contributed by atoms with Crippen molar-refractivity contribution in [2.45, 2.75) is 0 Å². The lowest BCUT2D eigenvalue weighted by Gasteiger charge is -2.27. The van der Waals surface area contributed by atoms with Crippen molar-refractivity contribution < 1.29 is 0 Å². The molecule has 2 aromatic rings. The van der Waals surface area contributed by atoms with Crippen LogP contribution in [0.15, 0.2) is 24.3 Å². The van der Waals surface area contributed by atoms with Crippen LogP contribution >= 0.6 is 11.6 Å². The van der Waals surface area contributed by atoms with Crippen molar-refractivity contribution in [2.75, 3.05) is 31.1 Å². The Labute approximate surface area is 117 Å². The highest BCUT2D eigenvalue weighted by Gasteiger charge is 2.18. The number of nitrogens with one attached hydrogen (secondary N) is 1. The van der Waals surface area contributed by atoms with Crippen molar-refractivity contribution in [3.8, 4) is 11.4 Å². The molecule has 0 radical (unpaired) electrons. The Balaban J connectivity index is 1.91. The Morgan fingerprint density at radius 2 is 1.79 bits per heavy atom. The molecule has 1 saturated heterocycles. The third-order valence-electron chi connectivity index (χ3n) is 3.35. The largest absolute Gasteiger partial charge is 0.338 e. The van der Waals surface area contributed by atoms with Crippen molar-refractivity contribution in [2.24, 2.45) is 7.05 Å². The fraction of sp³-hybridized carbons (Fsp3) is 0.385. The minimum Gasteiger partial charge on any atom is -0.338 e. The van der Waals surface area contributed by atoms with Gasteiger partial charge in [-0.3, -0.25) is 4.57 Å². The zero-order chi connectivity index (χ0) is 13.2. The number of piperazine rings is 1. The van der Waals surface area contributed by atoms with Gasteiger partial charge in [0, 0.05) is 43.8 Å². The minimum absolute atomic E-state index is 0.730. The molecule has 100 valence electrons. The van der Waals surface area contributed by atoms with Crippen molar-refractivity contribution in [1.29, 1.82) is 0 Å². The fourth-order valence-electron chi connectivity index (χ4n) is 2.31. The van der Waals surface area contributed by atoms with Gasteiger partial charge in [0.05, 0.1) is 0 Å². The lowest BCUT2D eigenvalue weighted by Crippen LogP contribution is -2.44. The second-order valence-electron chi connectivity index (χ2n) is 4.63. The molecular formula is C13H16ClN5. The predicted octanol–water partition coefficient (Wildman–Crippen LogP) is 1.55. The number of rotatable bonds is 2. The van der Waals surface area contributed by atoms with E-state index in [1.165, 1.54) is 0 Å². The Hall–Kier alpha value is -1.59. The summed E-state index contributed by atoms with van der Waals surface area (Å²) in [6, 6.07) is 7.67. The second kappa shape index (κ2) is 5.19. The summed E-state index contributed by atoms with van der Waals surface area (Å²) >= 11 is 5.91. The molecule has 0 amide bonds. The highest BCUT2D eigenvalue weighted by molar-refractivity contribution is 6.30. The third-order valence-corrected chi connectivity index (χ3v) is 3.61. The Kier molecular flexibility index (Phi) is 3.40. The predicted molar refractivity (Wildman–Crippen MR) is 76.5 cm³/mol. The Bertz CT molecular complexity index is 557. The summed E-state index contributed by atoms with van der Waals surface area (Å²) in [5.41, 5.74) is 1.03. The van der Waals surface area contributed by atoms with Crippen LogP contribution in [0.4, 0.5) is 5.95 Å². The molecule has 2 heterocycles. The normalized spacial score (nSPS) is 15.8. The first-order valence-electron chi connectivity index (χ1n) is 6.37. The lowest BCUT2D eigenvalue weighted by atomic mass is 10.2. The molecule has 0 aliphatic carbocycles. The molecule has 1 aromatic carbocycles. The van der Waals surface area contributed by atoms with Gasteiger partial charge >= 0.3 is 0 Å². The number of nitrogens with zero attached hydrogens (tertiary/aromatic N) is 4. The summed E-state index contributed by atoms with van der Waals surface area (Å²) in [5.74, 6) is 1.79. The highest BCUT2D eigenvalue weighted by Crippen LogP contribution is 2.22. The maximum Gasteiger partial charge on any atom is 0.227 e. The van der Waals surface area contributed by atoms with Gasteiger partial charge in [0.25, 0.3) is 0 Å². The van der Waals surface area contributed by atoms with E-state index in [9.17, 15) is 0 Å². The van der Waals surface area contributed by atoms with Crippen LogP contribution in [-0.2, 0) is 7.05 Å². The molecular weight excluding hydrogens is 262 g/mol. The van der Waals surface area contributed by atoms with E-state index in [2.05, 4.69) is 20.4 Å². The molecule has 1 aliphatic rings. The summed E-state index contributed by atoms with van der Waals surface area (Å²) in [7, 11) is 2.00. The molecule has 1 N–H and O–H groups in total. The van der Waals surface area contributed by atoms with E-state index in [0.29, 0.717) is 0 Å². The molecule has 0 saturated carbocycles. The van der Waals surface area contributed by atoms with Crippen LogP contribution in [0.1, 0.15) is 0 Å². The molecule has 1 fully saturated rings. The first-order chi connectivity index (χ1) is 9.25. The maximum absolute atomic E-state index is 5.91. The van der Waals surface area contributed by atoms with Crippen LogP contribution in [0.2, 0.25) is 5.02 Å². The van der Waals surface area contributed by atoms with Gasteiger partial charge in [0.2, 0.25) is 5.95 Å². The molecule has 3 rings (SSSR count). The molecule has 0 bridgehead atoms. The molecule has 5 nitrogen and oxygen atoms in total. The Morgan fingerprint density at radius 3 is 2.47 bits per heavy atom. The summed E-state index contributed by atoms with van der Waals surface area (Å²) in [5, 5.41) is 12.7. The van der Waals surface area contributed by atoms with Crippen LogP contribution in [0, 0.1) is 0 Å². The summed E-state index contributed by atoms with van der Waals surface area (Å²) < 4.78 is 2.04. The molecule has 6 heteroatoms. The number of anilines is 1. The molecule has 1 aromatic heterocycles. The molecule has 0 spiro atoms. The van der Waals surface area contributed by atoms with Crippen molar-refractivity contribution in [3.63, 3.8) is 0 Å². The average molecular weight is 278 g/mol. The molecule has 19 heavy (non-hydrogen) atoms. The smallest absolute Gasteiger partial charge is 0.227 e. The van der Waals surface area contributed by atoms with E-state index in [1.54, 1.807) is 0 Å². The van der Waals surface area contributed by atoms with Crippen LogP contribution < -0.4 is 10.2 Å². The van der Waals surface area contributed by atoms with Crippen molar-refractivity contribution in [3.05, 3.63) is 29.3 Å². The Morgan fingerprint density at radius 1 is 1.11 bits per heavy atom. The van der Waals surface area contributed by atoms with Gasteiger partial charge in [-0.2, -0.15) is 0 Å². The quantitative estimate of drug-likeness (QED) is 0.905. The van der Waals surface area contributed by atoms with Crippen molar-refractivity contribution in [1.82, 2.24) is 20.1 Å². The maximum atomic E-state index is 5.91. The van der Waals surface area contributed by atoms with Gasteiger partial charge in [0.15, 0.2) is 5.82 Å². The van der Waals surface area contributed by atoms with E-state index in [-0.39, 0.29) is 0 Å². The van der Waals surface area contributed by atoms with E-state index in [0.717, 1.165) is 48.5 Å². The first-order valence-corrected chi connectivity index (χ1v) is 6.74. The summed E-state index contributed by atoms with van der Waals surface area (Å²) in [6.45, 7) is 3.91. The first kappa shape index (κ1) is 12.4. The van der Waals surface area contributed by atoms with Crippen LogP contribution in [0.3, 0.4) is 0 Å². The van der Waals surface area contributed by atoms with Gasteiger partial charge < -0.3 is 10.2 Å². The van der Waals surface area contributed by atoms with Crippen LogP contribution in [0.25, 0.3) is 11.4 Å². The monoisotopic (exact) mass is 277 g/mol. The van der Waals surface area contributed by atoms with Gasteiger partial charge in [0.1, 0.15) is 0 Å². The number of hydrogen-bond donors (Lipinski definition) is 1. The number of aromatic nitrogens is 3. The van der Waals surface area contributed by atoms with E-state index in [1.807, 2.05) is 35.9 Å². The second-order valence-corrected chi connectivity index (χ2v) is 5.06. The summed E-state index contributed by atoms with van der Waals surface area (Å²) in [6.07, 6.45) is 0. The van der Waals surface area contributed by atoms with Crippen LogP contribution in [-0.4, -0.2) is 40.9 Å². The van der Waals surface area contributed by atoms with E-state index >= 15 is 0 Å². The fourth-order valence-corrected chi connectivity index (χ4v) is 2.44. The van der Waals surface area contributed by atoms with Gasteiger partial charge in [-0.15, -0.1) is 10.2 Å². The zero-order valence-corrected chi connectivity index (χ0v) is 11.6. The average Bonchev–Trinajstić information content (AvgIpc) is 2.83.